The van der Waals surface area contributed by atoms with Gasteiger partial charge in [-0.2, -0.15) is 0 Å². The van der Waals surface area contributed by atoms with Crippen molar-refractivity contribution in [3.8, 4) is 0 Å². The van der Waals surface area contributed by atoms with Crippen LogP contribution in [0.15, 0.2) is 41.0 Å². The molecule has 2 fully saturated rings. The zero-order valence-corrected chi connectivity index (χ0v) is 14.4. The summed E-state index contributed by atoms with van der Waals surface area (Å²) in [6, 6.07) is 8.59. The van der Waals surface area contributed by atoms with Crippen molar-refractivity contribution in [1.29, 1.82) is 0 Å². The second-order valence-electron chi connectivity index (χ2n) is 6.55. The molecule has 0 atom stereocenters. The largest absolute Gasteiger partial charge is 0.372 e. The van der Waals surface area contributed by atoms with Gasteiger partial charge in [-0.3, -0.25) is 4.79 Å². The second kappa shape index (κ2) is 7.16. The molecule has 0 heterocycles. The first kappa shape index (κ1) is 16.0. The Morgan fingerprint density at radius 3 is 2.22 bits per heavy atom. The lowest BCUT2D eigenvalue weighted by molar-refractivity contribution is -0.111. The zero-order valence-electron chi connectivity index (χ0n) is 14.4. The number of Topliss-reactive ketones (excluding diaryl/α,β-unsaturated/α-hetero) is 1. The average molecular weight is 309 g/mol. The summed E-state index contributed by atoms with van der Waals surface area (Å²) in [5, 5.41) is 0. The number of hydrogen-bond acceptors (Lipinski definition) is 2. The lowest BCUT2D eigenvalue weighted by Gasteiger charge is -2.20. The van der Waals surface area contributed by atoms with E-state index in [0.29, 0.717) is 5.78 Å². The van der Waals surface area contributed by atoms with Gasteiger partial charge in [-0.15, -0.1) is 0 Å². The van der Waals surface area contributed by atoms with Gasteiger partial charge in [0.2, 0.25) is 0 Å². The van der Waals surface area contributed by atoms with Crippen LogP contribution in [0.4, 0.5) is 5.69 Å². The van der Waals surface area contributed by atoms with E-state index in [4.69, 9.17) is 0 Å². The van der Waals surface area contributed by atoms with Gasteiger partial charge in [0.25, 0.3) is 0 Å². The molecule has 2 aliphatic carbocycles. The minimum absolute atomic E-state index is 0.315. The Hall–Kier alpha value is -1.83. The third kappa shape index (κ3) is 3.41. The van der Waals surface area contributed by atoms with E-state index in [2.05, 4.69) is 49.1 Å². The van der Waals surface area contributed by atoms with Gasteiger partial charge < -0.3 is 4.90 Å². The Morgan fingerprint density at radius 2 is 1.61 bits per heavy atom. The normalized spacial score (nSPS) is 19.9. The Bertz CT molecular complexity index is 624. The molecule has 2 saturated carbocycles. The van der Waals surface area contributed by atoms with Gasteiger partial charge in [0.1, 0.15) is 0 Å². The third-order valence-corrected chi connectivity index (χ3v) is 5.21. The van der Waals surface area contributed by atoms with Crippen LogP contribution in [0, 0.1) is 0 Å². The summed E-state index contributed by atoms with van der Waals surface area (Å²) in [4.78, 5) is 15.0. The summed E-state index contributed by atoms with van der Waals surface area (Å²) < 4.78 is 0. The predicted octanol–water partition coefficient (Wildman–Crippen LogP) is 5.15. The van der Waals surface area contributed by atoms with Crippen LogP contribution >= 0.6 is 0 Å². The topological polar surface area (TPSA) is 20.3 Å². The van der Waals surface area contributed by atoms with E-state index in [0.717, 1.165) is 55.5 Å². The molecule has 2 nitrogen and oxygen atoms in total. The fraction of sp³-hybridized carbons (Fsp3) is 0.476. The summed E-state index contributed by atoms with van der Waals surface area (Å²) >= 11 is 0. The van der Waals surface area contributed by atoms with Gasteiger partial charge in [-0.25, -0.2) is 0 Å². The van der Waals surface area contributed by atoms with Crippen molar-refractivity contribution in [2.75, 3.05) is 18.0 Å². The van der Waals surface area contributed by atoms with Crippen molar-refractivity contribution in [3.63, 3.8) is 0 Å². The predicted molar refractivity (Wildman–Crippen MR) is 97.7 cm³/mol. The maximum absolute atomic E-state index is 12.6. The molecule has 0 aromatic heterocycles. The highest BCUT2D eigenvalue weighted by Gasteiger charge is 2.27. The van der Waals surface area contributed by atoms with E-state index in [1.54, 1.807) is 0 Å². The minimum atomic E-state index is 0.315. The number of carbonyl (C=O) groups excluding carboxylic acids is 1. The molecule has 1 aromatic carbocycles. The van der Waals surface area contributed by atoms with Crippen molar-refractivity contribution in [1.82, 2.24) is 0 Å². The average Bonchev–Trinajstić information content (AvgIpc) is 3.21. The van der Waals surface area contributed by atoms with Gasteiger partial charge in [0.05, 0.1) is 0 Å². The highest BCUT2D eigenvalue weighted by atomic mass is 16.1. The summed E-state index contributed by atoms with van der Waals surface area (Å²) in [5.74, 6) is 0.315. The Morgan fingerprint density at radius 1 is 0.957 bits per heavy atom. The molecular formula is C21H27NO. The number of ketones is 1. The Balaban J connectivity index is 1.77. The van der Waals surface area contributed by atoms with Crippen molar-refractivity contribution >= 4 is 17.5 Å². The number of anilines is 1. The molecule has 2 heteroatoms. The number of allylic oxidation sites excluding steroid dienone is 3. The molecule has 3 rings (SSSR count). The molecule has 0 unspecified atom stereocenters. The molecule has 2 aliphatic rings. The third-order valence-electron chi connectivity index (χ3n) is 5.21. The van der Waals surface area contributed by atoms with Gasteiger partial charge in [-0.05, 0) is 81.7 Å². The van der Waals surface area contributed by atoms with Gasteiger partial charge in [0, 0.05) is 24.4 Å². The fourth-order valence-electron chi connectivity index (χ4n) is 3.83. The first-order chi connectivity index (χ1) is 11.2. The van der Waals surface area contributed by atoms with Crippen LogP contribution in [0.5, 0.6) is 0 Å². The minimum Gasteiger partial charge on any atom is -0.372 e. The van der Waals surface area contributed by atoms with Crippen LogP contribution in [0.25, 0.3) is 6.08 Å². The SMILES string of the molecule is CCN(CC)c1ccc(/C=C2/CCC(=C3CCCC3)C2=O)cc1. The Labute approximate surface area is 139 Å². The molecule has 0 saturated heterocycles. The lowest BCUT2D eigenvalue weighted by Crippen LogP contribution is -2.21. The van der Waals surface area contributed by atoms with Gasteiger partial charge in [-0.1, -0.05) is 17.7 Å². The molecule has 0 aliphatic heterocycles. The number of carbonyl (C=O) groups is 1. The van der Waals surface area contributed by atoms with Crippen LogP contribution in [0.1, 0.15) is 57.9 Å². The molecule has 0 bridgehead atoms. The van der Waals surface area contributed by atoms with Crippen LogP contribution in [0.3, 0.4) is 0 Å². The second-order valence-corrected chi connectivity index (χ2v) is 6.55. The molecule has 0 N–H and O–H groups in total. The van der Waals surface area contributed by atoms with E-state index in [1.165, 1.54) is 24.1 Å². The van der Waals surface area contributed by atoms with Crippen molar-refractivity contribution in [2.45, 2.75) is 52.4 Å². The molecule has 0 spiro atoms. The number of rotatable bonds is 4. The molecule has 23 heavy (non-hydrogen) atoms. The van der Waals surface area contributed by atoms with E-state index in [9.17, 15) is 4.79 Å². The van der Waals surface area contributed by atoms with E-state index < -0.39 is 0 Å². The van der Waals surface area contributed by atoms with Crippen molar-refractivity contribution < 1.29 is 4.79 Å². The fourth-order valence-corrected chi connectivity index (χ4v) is 3.83. The molecule has 1 aromatic rings. The Kier molecular flexibility index (Phi) is 5.00. The van der Waals surface area contributed by atoms with Gasteiger partial charge in [0.15, 0.2) is 5.78 Å². The number of benzene rings is 1. The number of nitrogens with zero attached hydrogens (tertiary/aromatic N) is 1. The van der Waals surface area contributed by atoms with Gasteiger partial charge >= 0.3 is 0 Å². The number of hydrogen-bond donors (Lipinski definition) is 0. The molecular weight excluding hydrogens is 282 g/mol. The molecule has 122 valence electrons. The van der Waals surface area contributed by atoms with Crippen LogP contribution in [-0.4, -0.2) is 18.9 Å². The molecule has 0 amide bonds. The molecule has 0 radical (unpaired) electrons. The first-order valence-electron chi connectivity index (χ1n) is 9.04. The highest BCUT2D eigenvalue weighted by molar-refractivity contribution is 6.13. The van der Waals surface area contributed by atoms with E-state index in [1.807, 2.05) is 0 Å². The van der Waals surface area contributed by atoms with Crippen molar-refractivity contribution in [2.24, 2.45) is 0 Å². The lowest BCUT2D eigenvalue weighted by atomic mass is 10.0. The first-order valence-corrected chi connectivity index (χ1v) is 9.04. The van der Waals surface area contributed by atoms with E-state index in [-0.39, 0.29) is 0 Å². The zero-order chi connectivity index (χ0) is 16.2. The highest BCUT2D eigenvalue weighted by Crippen LogP contribution is 2.36. The van der Waals surface area contributed by atoms with Crippen LogP contribution in [-0.2, 0) is 4.79 Å². The maximum Gasteiger partial charge on any atom is 0.184 e. The van der Waals surface area contributed by atoms with Crippen molar-refractivity contribution in [3.05, 3.63) is 46.5 Å². The maximum atomic E-state index is 12.6. The summed E-state index contributed by atoms with van der Waals surface area (Å²) in [5.41, 5.74) is 5.96. The van der Waals surface area contributed by atoms with Crippen LogP contribution < -0.4 is 4.90 Å². The summed E-state index contributed by atoms with van der Waals surface area (Å²) in [7, 11) is 0. The quantitative estimate of drug-likeness (QED) is 0.717. The van der Waals surface area contributed by atoms with Crippen LogP contribution in [0.2, 0.25) is 0 Å². The summed E-state index contributed by atoms with van der Waals surface area (Å²) in [6.07, 6.45) is 8.78. The summed E-state index contributed by atoms with van der Waals surface area (Å²) in [6.45, 7) is 6.39. The monoisotopic (exact) mass is 309 g/mol. The van der Waals surface area contributed by atoms with E-state index >= 15 is 0 Å². The standard InChI is InChI=1S/C21H27NO/c1-3-22(4-2)19-12-9-16(10-13-19)15-18-11-14-20(21(18)23)17-7-5-6-8-17/h9-10,12-13,15H,3-8,11,14H2,1-2H3/b18-15-. The smallest absolute Gasteiger partial charge is 0.184 e.